The minimum absolute atomic E-state index is 0.0249. The molecule has 0 saturated carbocycles. The van der Waals surface area contributed by atoms with Gasteiger partial charge in [-0.3, -0.25) is 9.59 Å². The van der Waals surface area contributed by atoms with E-state index in [0.717, 1.165) is 5.56 Å². The van der Waals surface area contributed by atoms with Crippen LogP contribution < -0.4 is 0 Å². The van der Waals surface area contributed by atoms with E-state index in [1.807, 2.05) is 35.0 Å². The fourth-order valence-corrected chi connectivity index (χ4v) is 4.33. The molecule has 4 rings (SSSR count). The summed E-state index contributed by atoms with van der Waals surface area (Å²) < 4.78 is 1.76. The zero-order valence-corrected chi connectivity index (χ0v) is 14.5. The predicted molar refractivity (Wildman–Crippen MR) is 92.7 cm³/mol. The smallest absolute Gasteiger partial charge is 0.289 e. The molecule has 1 aromatic heterocycles. The number of hydrogen-bond donors (Lipinski definition) is 0. The Morgan fingerprint density at radius 1 is 1.12 bits per heavy atom. The summed E-state index contributed by atoms with van der Waals surface area (Å²) in [5.41, 5.74) is 1.15. The number of carbonyl (C=O) groups is 2. The summed E-state index contributed by atoms with van der Waals surface area (Å²) in [5, 5.41) is 0. The van der Waals surface area contributed by atoms with Gasteiger partial charge in [-0.05, 0) is 5.56 Å². The molecule has 25 heavy (non-hydrogen) atoms. The lowest BCUT2D eigenvalue weighted by molar-refractivity contribution is -0.130. The van der Waals surface area contributed by atoms with E-state index in [1.54, 1.807) is 23.9 Å². The topological polar surface area (TPSA) is 58.4 Å². The number of benzene rings is 1. The predicted octanol–water partition coefficient (Wildman–Crippen LogP) is 1.71. The Morgan fingerprint density at radius 2 is 1.88 bits per heavy atom. The van der Waals surface area contributed by atoms with Crippen molar-refractivity contribution in [3.63, 3.8) is 0 Å². The average molecular weight is 338 g/mol. The van der Waals surface area contributed by atoms with Crippen LogP contribution in [0.2, 0.25) is 0 Å². The van der Waals surface area contributed by atoms with E-state index in [-0.39, 0.29) is 23.8 Å². The van der Waals surface area contributed by atoms with Crippen molar-refractivity contribution in [1.29, 1.82) is 0 Å². The number of fused-ring (bicyclic) bond motifs is 1. The first-order valence-corrected chi connectivity index (χ1v) is 8.65. The number of aromatic nitrogens is 2. The van der Waals surface area contributed by atoms with E-state index in [0.29, 0.717) is 31.4 Å². The molecule has 1 aromatic carbocycles. The van der Waals surface area contributed by atoms with Gasteiger partial charge in [-0.25, -0.2) is 4.98 Å². The SMILES string of the molecule is CC(=O)N1C[C@H]2CN(C(=O)c3nccn3C)C[C@H]2[C@H]1c1ccccc1. The zero-order valence-electron chi connectivity index (χ0n) is 14.5. The van der Waals surface area contributed by atoms with Crippen molar-refractivity contribution >= 4 is 11.8 Å². The first-order valence-electron chi connectivity index (χ1n) is 8.65. The van der Waals surface area contributed by atoms with Crippen molar-refractivity contribution in [2.45, 2.75) is 13.0 Å². The van der Waals surface area contributed by atoms with Gasteiger partial charge in [0, 0.05) is 57.8 Å². The third kappa shape index (κ3) is 2.62. The minimum Gasteiger partial charge on any atom is -0.335 e. The van der Waals surface area contributed by atoms with Crippen LogP contribution in [0.3, 0.4) is 0 Å². The zero-order chi connectivity index (χ0) is 17.6. The van der Waals surface area contributed by atoms with Gasteiger partial charge in [0.15, 0.2) is 5.82 Å². The standard InChI is InChI=1S/C19H22N4O2/c1-13(24)23-11-15-10-22(19(25)18-20-8-9-21(18)2)12-16(15)17(23)14-6-4-3-5-7-14/h3-9,15-17H,10-12H2,1-2H3/t15-,16-,17-/m1/s1. The van der Waals surface area contributed by atoms with Gasteiger partial charge in [-0.15, -0.1) is 0 Å². The molecule has 2 aliphatic rings. The van der Waals surface area contributed by atoms with Crippen molar-refractivity contribution in [1.82, 2.24) is 19.4 Å². The van der Waals surface area contributed by atoms with Crippen LogP contribution in [0.4, 0.5) is 0 Å². The van der Waals surface area contributed by atoms with Gasteiger partial charge in [0.2, 0.25) is 5.91 Å². The first kappa shape index (κ1) is 15.9. The molecule has 2 aliphatic heterocycles. The van der Waals surface area contributed by atoms with Gasteiger partial charge >= 0.3 is 0 Å². The second-order valence-corrected chi connectivity index (χ2v) is 7.02. The number of likely N-dealkylation sites (tertiary alicyclic amines) is 2. The molecule has 6 heteroatoms. The summed E-state index contributed by atoms with van der Waals surface area (Å²) in [7, 11) is 1.83. The normalized spacial score (nSPS) is 25.3. The summed E-state index contributed by atoms with van der Waals surface area (Å²) in [4.78, 5) is 33.0. The van der Waals surface area contributed by atoms with Gasteiger partial charge in [-0.1, -0.05) is 30.3 Å². The third-order valence-corrected chi connectivity index (χ3v) is 5.51. The summed E-state index contributed by atoms with van der Waals surface area (Å²) in [5.74, 6) is 1.14. The number of aryl methyl sites for hydroxylation is 1. The molecule has 3 atom stereocenters. The highest BCUT2D eigenvalue weighted by Gasteiger charge is 2.49. The Hall–Kier alpha value is -2.63. The molecule has 6 nitrogen and oxygen atoms in total. The van der Waals surface area contributed by atoms with Crippen LogP contribution in [0, 0.1) is 11.8 Å². The lowest BCUT2D eigenvalue weighted by Crippen LogP contribution is -2.37. The summed E-state index contributed by atoms with van der Waals surface area (Å²) in [6.07, 6.45) is 3.43. The van der Waals surface area contributed by atoms with Crippen LogP contribution >= 0.6 is 0 Å². The molecule has 2 fully saturated rings. The summed E-state index contributed by atoms with van der Waals surface area (Å²) in [6.45, 7) is 3.70. The van der Waals surface area contributed by atoms with Crippen LogP contribution in [0.5, 0.6) is 0 Å². The van der Waals surface area contributed by atoms with E-state index in [2.05, 4.69) is 17.1 Å². The van der Waals surface area contributed by atoms with Crippen molar-refractivity contribution in [3.05, 3.63) is 54.1 Å². The Morgan fingerprint density at radius 3 is 2.52 bits per heavy atom. The Balaban J connectivity index is 1.60. The van der Waals surface area contributed by atoms with E-state index in [4.69, 9.17) is 0 Å². The maximum Gasteiger partial charge on any atom is 0.289 e. The van der Waals surface area contributed by atoms with Crippen LogP contribution in [0.1, 0.15) is 29.1 Å². The molecule has 0 unspecified atom stereocenters. The third-order valence-electron chi connectivity index (χ3n) is 5.51. The second-order valence-electron chi connectivity index (χ2n) is 7.02. The molecular formula is C19H22N4O2. The number of hydrogen-bond acceptors (Lipinski definition) is 3. The highest BCUT2D eigenvalue weighted by molar-refractivity contribution is 5.91. The van der Waals surface area contributed by atoms with Crippen LogP contribution in [-0.4, -0.2) is 50.8 Å². The van der Waals surface area contributed by atoms with Gasteiger partial charge < -0.3 is 14.4 Å². The minimum atomic E-state index is -0.0249. The quantitative estimate of drug-likeness (QED) is 0.838. The molecular weight excluding hydrogens is 316 g/mol. The fourth-order valence-electron chi connectivity index (χ4n) is 4.33. The molecule has 2 saturated heterocycles. The van der Waals surface area contributed by atoms with Crippen molar-refractivity contribution in [2.75, 3.05) is 19.6 Å². The number of amides is 2. The fraction of sp³-hybridized carbons (Fsp3) is 0.421. The van der Waals surface area contributed by atoms with Crippen LogP contribution in [-0.2, 0) is 11.8 Å². The molecule has 3 heterocycles. The Labute approximate surface area is 147 Å². The van der Waals surface area contributed by atoms with Gasteiger partial charge in [0.25, 0.3) is 5.91 Å². The van der Waals surface area contributed by atoms with Gasteiger partial charge in [-0.2, -0.15) is 0 Å². The van der Waals surface area contributed by atoms with Crippen LogP contribution in [0.25, 0.3) is 0 Å². The maximum absolute atomic E-state index is 12.8. The molecule has 0 radical (unpaired) electrons. The lowest BCUT2D eigenvalue weighted by atomic mass is 9.89. The first-order chi connectivity index (χ1) is 12.1. The van der Waals surface area contributed by atoms with Crippen molar-refractivity contribution < 1.29 is 9.59 Å². The molecule has 0 N–H and O–H groups in total. The summed E-state index contributed by atoms with van der Waals surface area (Å²) in [6, 6.07) is 10.2. The molecule has 0 spiro atoms. The van der Waals surface area contributed by atoms with E-state index in [1.165, 1.54) is 0 Å². The molecule has 130 valence electrons. The summed E-state index contributed by atoms with van der Waals surface area (Å²) >= 11 is 0. The molecule has 0 bridgehead atoms. The Kier molecular flexibility index (Phi) is 3.82. The lowest BCUT2D eigenvalue weighted by Gasteiger charge is -2.29. The van der Waals surface area contributed by atoms with E-state index in [9.17, 15) is 9.59 Å². The molecule has 2 amide bonds. The van der Waals surface area contributed by atoms with Gasteiger partial charge in [0.1, 0.15) is 0 Å². The molecule has 2 aromatic rings. The monoisotopic (exact) mass is 338 g/mol. The largest absolute Gasteiger partial charge is 0.335 e. The highest BCUT2D eigenvalue weighted by atomic mass is 16.2. The average Bonchev–Trinajstić information content (AvgIpc) is 3.28. The van der Waals surface area contributed by atoms with E-state index < -0.39 is 0 Å². The number of nitrogens with zero attached hydrogens (tertiary/aromatic N) is 4. The van der Waals surface area contributed by atoms with Gasteiger partial charge in [0.05, 0.1) is 6.04 Å². The molecule has 0 aliphatic carbocycles. The number of rotatable bonds is 2. The maximum atomic E-state index is 12.8. The Bertz CT molecular complexity index is 801. The number of imidazole rings is 1. The van der Waals surface area contributed by atoms with Crippen molar-refractivity contribution in [2.24, 2.45) is 18.9 Å². The number of carbonyl (C=O) groups excluding carboxylic acids is 2. The highest BCUT2D eigenvalue weighted by Crippen LogP contribution is 2.45. The van der Waals surface area contributed by atoms with Crippen molar-refractivity contribution in [3.8, 4) is 0 Å². The van der Waals surface area contributed by atoms with Crippen LogP contribution in [0.15, 0.2) is 42.7 Å². The second kappa shape index (κ2) is 6.02. The van der Waals surface area contributed by atoms with E-state index >= 15 is 0 Å².